The van der Waals surface area contributed by atoms with Crippen LogP contribution in [-0.4, -0.2) is 19.2 Å². The van der Waals surface area contributed by atoms with E-state index in [1.807, 2.05) is 60.0 Å². The Labute approximate surface area is 193 Å². The number of nitrogens with one attached hydrogen (secondary N) is 1. The van der Waals surface area contributed by atoms with Crippen LogP contribution in [-0.2, 0) is 12.8 Å². The van der Waals surface area contributed by atoms with Gasteiger partial charge in [0.05, 0.1) is 11.1 Å². The Morgan fingerprint density at radius 3 is 2.56 bits per heavy atom. The maximum Gasteiger partial charge on any atom is 0.284 e. The lowest BCUT2D eigenvalue weighted by atomic mass is 9.97. The van der Waals surface area contributed by atoms with Gasteiger partial charge in [-0.15, -0.1) is 16.4 Å². The van der Waals surface area contributed by atoms with E-state index in [4.69, 9.17) is 16.6 Å². The Morgan fingerprint density at radius 1 is 1.03 bits per heavy atom. The van der Waals surface area contributed by atoms with Gasteiger partial charge in [-0.1, -0.05) is 29.3 Å². The molecule has 6 nitrogen and oxygen atoms in total. The number of aromatic nitrogens is 4. The zero-order chi connectivity index (χ0) is 21.8. The van der Waals surface area contributed by atoms with E-state index in [0.29, 0.717) is 16.7 Å². The summed E-state index contributed by atoms with van der Waals surface area (Å²) in [6.45, 7) is 2.05. The zero-order valence-corrected chi connectivity index (χ0v) is 19.0. The summed E-state index contributed by atoms with van der Waals surface area (Å²) in [6, 6.07) is 15.5. The molecule has 6 rings (SSSR count). The molecule has 0 unspecified atom stereocenters. The molecule has 5 aromatic rings. The van der Waals surface area contributed by atoms with E-state index in [9.17, 15) is 4.79 Å². The van der Waals surface area contributed by atoms with Crippen LogP contribution in [0.15, 0.2) is 53.3 Å². The van der Waals surface area contributed by atoms with Gasteiger partial charge in [-0.2, -0.15) is 4.52 Å². The first-order valence-corrected chi connectivity index (χ1v) is 11.8. The predicted molar refractivity (Wildman–Crippen MR) is 130 cm³/mol. The zero-order valence-electron chi connectivity index (χ0n) is 17.4. The van der Waals surface area contributed by atoms with Crippen LogP contribution in [0.1, 0.15) is 28.8 Å². The fraction of sp³-hybridized carbons (Fsp3) is 0.208. The van der Waals surface area contributed by atoms with Gasteiger partial charge in [-0.3, -0.25) is 4.79 Å². The van der Waals surface area contributed by atoms with Crippen LogP contribution >= 0.6 is 22.9 Å². The first-order chi connectivity index (χ1) is 15.6. The van der Waals surface area contributed by atoms with Crippen molar-refractivity contribution in [2.75, 3.05) is 5.32 Å². The summed E-state index contributed by atoms with van der Waals surface area (Å²) < 4.78 is 3.30. The molecule has 0 aliphatic heterocycles. The minimum Gasteiger partial charge on any atom is -0.324 e. The lowest BCUT2D eigenvalue weighted by Crippen LogP contribution is -2.17. The molecule has 3 aromatic heterocycles. The van der Waals surface area contributed by atoms with Crippen molar-refractivity contribution < 1.29 is 0 Å². The topological polar surface area (TPSA) is 64.2 Å². The predicted octanol–water partition coefficient (Wildman–Crippen LogP) is 5.68. The minimum absolute atomic E-state index is 0.107. The molecule has 0 amide bonds. The molecule has 0 atom stereocenters. The molecule has 0 fully saturated rings. The molecule has 0 radical (unpaired) electrons. The van der Waals surface area contributed by atoms with Crippen molar-refractivity contribution >= 4 is 50.6 Å². The number of aryl methyl sites for hydroxylation is 3. The average molecular weight is 462 g/mol. The van der Waals surface area contributed by atoms with Crippen LogP contribution in [0.5, 0.6) is 0 Å². The molecule has 3 heterocycles. The molecule has 0 spiro atoms. The van der Waals surface area contributed by atoms with Gasteiger partial charge in [0.1, 0.15) is 4.83 Å². The van der Waals surface area contributed by atoms with E-state index in [1.165, 1.54) is 21.4 Å². The molecule has 160 valence electrons. The quantitative estimate of drug-likeness (QED) is 0.375. The van der Waals surface area contributed by atoms with Crippen LogP contribution in [0.4, 0.5) is 11.6 Å². The number of hydrogen-bond acceptors (Lipinski definition) is 5. The Morgan fingerprint density at radius 2 is 1.78 bits per heavy atom. The van der Waals surface area contributed by atoms with Gasteiger partial charge in [0, 0.05) is 15.6 Å². The second kappa shape index (κ2) is 7.46. The Kier molecular flexibility index (Phi) is 4.55. The SMILES string of the molecule is Cc1ccc(Nc2nn3c(=O)c4c5c(sc4nc3n2-c2ccc(Cl)cc2)CCCC5)cc1. The van der Waals surface area contributed by atoms with Crippen molar-refractivity contribution in [2.45, 2.75) is 32.6 Å². The van der Waals surface area contributed by atoms with Crippen LogP contribution in [0.2, 0.25) is 5.02 Å². The van der Waals surface area contributed by atoms with Crippen LogP contribution < -0.4 is 10.9 Å². The second-order valence-electron chi connectivity index (χ2n) is 8.15. The number of thiophene rings is 1. The lowest BCUT2D eigenvalue weighted by molar-refractivity contribution is 0.699. The summed E-state index contributed by atoms with van der Waals surface area (Å²) in [7, 11) is 0. The standard InChI is InChI=1S/C24H20ClN5OS/c1-14-6-10-16(11-7-14)26-23-28-30-22(31)20-18-4-2-3-5-19(18)32-21(20)27-24(30)29(23)17-12-8-15(25)9-13-17/h6-13H,2-5H2,1H3,(H,26,28). The van der Waals surface area contributed by atoms with E-state index in [0.717, 1.165) is 46.4 Å². The highest BCUT2D eigenvalue weighted by Crippen LogP contribution is 2.34. The second-order valence-corrected chi connectivity index (χ2v) is 9.67. The maximum absolute atomic E-state index is 13.6. The summed E-state index contributed by atoms with van der Waals surface area (Å²) in [5.41, 5.74) is 3.94. The normalized spacial score (nSPS) is 13.6. The van der Waals surface area contributed by atoms with E-state index in [-0.39, 0.29) is 5.56 Å². The van der Waals surface area contributed by atoms with Crippen molar-refractivity contribution in [3.63, 3.8) is 0 Å². The van der Waals surface area contributed by atoms with Crippen LogP contribution in [0.3, 0.4) is 0 Å². The van der Waals surface area contributed by atoms with E-state index in [2.05, 4.69) is 10.4 Å². The van der Waals surface area contributed by atoms with Crippen molar-refractivity contribution in [2.24, 2.45) is 0 Å². The van der Waals surface area contributed by atoms with Gasteiger partial charge in [-0.25, -0.2) is 9.55 Å². The van der Waals surface area contributed by atoms with Crippen LogP contribution in [0, 0.1) is 6.92 Å². The van der Waals surface area contributed by atoms with Crippen molar-refractivity contribution in [1.29, 1.82) is 0 Å². The van der Waals surface area contributed by atoms with Crippen molar-refractivity contribution in [3.8, 4) is 5.69 Å². The minimum atomic E-state index is -0.107. The molecule has 1 aliphatic carbocycles. The Balaban J connectivity index is 1.62. The molecule has 0 bridgehead atoms. The fourth-order valence-corrected chi connectivity index (χ4v) is 5.70. The van der Waals surface area contributed by atoms with Gasteiger partial charge in [0.15, 0.2) is 0 Å². The average Bonchev–Trinajstić information content (AvgIpc) is 3.34. The molecule has 1 N–H and O–H groups in total. The van der Waals surface area contributed by atoms with Gasteiger partial charge in [0.25, 0.3) is 5.56 Å². The van der Waals surface area contributed by atoms with E-state index < -0.39 is 0 Å². The van der Waals surface area contributed by atoms with Gasteiger partial charge in [0.2, 0.25) is 11.7 Å². The largest absolute Gasteiger partial charge is 0.324 e. The van der Waals surface area contributed by atoms with Crippen molar-refractivity contribution in [1.82, 2.24) is 19.2 Å². The molecule has 0 saturated carbocycles. The highest BCUT2D eigenvalue weighted by atomic mass is 35.5. The summed E-state index contributed by atoms with van der Waals surface area (Å²) in [5.74, 6) is 1.00. The van der Waals surface area contributed by atoms with E-state index >= 15 is 0 Å². The van der Waals surface area contributed by atoms with Gasteiger partial charge in [-0.05, 0) is 74.6 Å². The smallest absolute Gasteiger partial charge is 0.284 e. The lowest BCUT2D eigenvalue weighted by Gasteiger charge is -2.10. The monoisotopic (exact) mass is 461 g/mol. The number of benzene rings is 2. The van der Waals surface area contributed by atoms with E-state index in [1.54, 1.807) is 11.3 Å². The highest BCUT2D eigenvalue weighted by Gasteiger charge is 2.24. The number of hydrogen-bond donors (Lipinski definition) is 1. The molecule has 32 heavy (non-hydrogen) atoms. The third-order valence-electron chi connectivity index (χ3n) is 5.95. The van der Waals surface area contributed by atoms with Crippen LogP contribution in [0.25, 0.3) is 21.7 Å². The summed E-state index contributed by atoms with van der Waals surface area (Å²) in [6.07, 6.45) is 4.24. The number of anilines is 2. The molecule has 8 heteroatoms. The number of nitrogens with zero attached hydrogens (tertiary/aromatic N) is 4. The first kappa shape index (κ1) is 19.5. The molecular formula is C24H20ClN5OS. The van der Waals surface area contributed by atoms with Crippen molar-refractivity contribution in [3.05, 3.63) is 79.9 Å². The fourth-order valence-electron chi connectivity index (χ4n) is 4.33. The van der Waals surface area contributed by atoms with Gasteiger partial charge >= 0.3 is 0 Å². The third kappa shape index (κ3) is 3.12. The molecule has 2 aromatic carbocycles. The molecular weight excluding hydrogens is 442 g/mol. The highest BCUT2D eigenvalue weighted by molar-refractivity contribution is 7.18. The van der Waals surface area contributed by atoms with Gasteiger partial charge < -0.3 is 5.32 Å². The number of fused-ring (bicyclic) bond motifs is 4. The maximum atomic E-state index is 13.6. The Hall–Kier alpha value is -3.16. The summed E-state index contributed by atoms with van der Waals surface area (Å²) >= 11 is 7.77. The molecule has 1 aliphatic rings. The number of halogens is 1. The number of rotatable bonds is 3. The first-order valence-electron chi connectivity index (χ1n) is 10.6. The summed E-state index contributed by atoms with van der Waals surface area (Å²) in [5, 5.41) is 9.40. The molecule has 0 saturated heterocycles. The Bertz CT molecular complexity index is 1530. The summed E-state index contributed by atoms with van der Waals surface area (Å²) in [4.78, 5) is 20.6. The third-order valence-corrected chi connectivity index (χ3v) is 7.39.